The van der Waals surface area contributed by atoms with Crippen LogP contribution in [0.1, 0.15) is 5.56 Å². The van der Waals surface area contributed by atoms with Crippen LogP contribution in [0.25, 0.3) is 0 Å². The number of carbonyl (C=O) groups excluding carboxylic acids is 1. The van der Waals surface area contributed by atoms with Crippen LogP contribution in [0.15, 0.2) is 41.3 Å². The van der Waals surface area contributed by atoms with E-state index in [2.05, 4.69) is 5.32 Å². The van der Waals surface area contributed by atoms with Crippen molar-refractivity contribution in [1.29, 1.82) is 0 Å². The molecular weight excluding hydrogens is 456 g/mol. The molecule has 0 atom stereocenters. The van der Waals surface area contributed by atoms with Gasteiger partial charge in [-0.1, -0.05) is 23.2 Å². The first-order chi connectivity index (χ1) is 13.4. The fourth-order valence-electron chi connectivity index (χ4n) is 2.32. The van der Waals surface area contributed by atoms with Gasteiger partial charge in [0.05, 0.1) is 34.8 Å². The highest BCUT2D eigenvalue weighted by molar-refractivity contribution is 7.89. The summed E-state index contributed by atoms with van der Waals surface area (Å²) in [5.41, 5.74) is -1.08. The lowest BCUT2D eigenvalue weighted by Gasteiger charge is -2.19. The highest BCUT2D eigenvalue weighted by atomic mass is 35.5. The molecule has 0 saturated heterocycles. The Kier molecular flexibility index (Phi) is 7.05. The van der Waals surface area contributed by atoms with Gasteiger partial charge >= 0.3 is 6.18 Å². The van der Waals surface area contributed by atoms with E-state index in [4.69, 9.17) is 27.9 Å². The molecule has 0 fully saturated rings. The SMILES string of the molecule is COc1ccc(Cl)cc1NC(=O)CN(C)S(=O)(=O)c1ccc(Cl)c(C(F)(F)F)c1. The van der Waals surface area contributed by atoms with Crippen LogP contribution in [-0.4, -0.2) is 39.3 Å². The largest absolute Gasteiger partial charge is 0.495 e. The third-order valence-electron chi connectivity index (χ3n) is 3.75. The van der Waals surface area contributed by atoms with E-state index in [1.165, 1.54) is 25.3 Å². The van der Waals surface area contributed by atoms with Crippen LogP contribution in [0.3, 0.4) is 0 Å². The van der Waals surface area contributed by atoms with Gasteiger partial charge in [-0.25, -0.2) is 8.42 Å². The van der Waals surface area contributed by atoms with Crippen molar-refractivity contribution in [2.75, 3.05) is 26.0 Å². The number of carbonyl (C=O) groups is 1. The van der Waals surface area contributed by atoms with Crippen LogP contribution in [-0.2, 0) is 21.0 Å². The highest BCUT2D eigenvalue weighted by Gasteiger charge is 2.35. The minimum atomic E-state index is -4.83. The average Bonchev–Trinajstić information content (AvgIpc) is 2.61. The average molecular weight is 471 g/mol. The number of methoxy groups -OCH3 is 1. The second-order valence-electron chi connectivity index (χ2n) is 5.79. The maximum absolute atomic E-state index is 13.0. The molecule has 12 heteroatoms. The summed E-state index contributed by atoms with van der Waals surface area (Å²) in [6.45, 7) is -0.665. The van der Waals surface area contributed by atoms with Crippen molar-refractivity contribution in [2.45, 2.75) is 11.1 Å². The molecule has 0 bridgehead atoms. The first-order valence-electron chi connectivity index (χ1n) is 7.82. The summed E-state index contributed by atoms with van der Waals surface area (Å²) in [5, 5.41) is 2.12. The zero-order valence-corrected chi connectivity index (χ0v) is 17.4. The van der Waals surface area contributed by atoms with Gasteiger partial charge in [0.15, 0.2) is 0 Å². The number of likely N-dealkylation sites (N-methyl/N-ethyl adjacent to an activating group) is 1. The van der Waals surface area contributed by atoms with Crippen LogP contribution in [0.5, 0.6) is 5.75 Å². The quantitative estimate of drug-likeness (QED) is 0.683. The molecule has 0 aromatic heterocycles. The van der Waals surface area contributed by atoms with Gasteiger partial charge in [-0.15, -0.1) is 0 Å². The van der Waals surface area contributed by atoms with Gasteiger partial charge in [-0.05, 0) is 36.4 Å². The Bertz CT molecular complexity index is 1030. The number of sulfonamides is 1. The number of nitrogens with one attached hydrogen (secondary N) is 1. The van der Waals surface area contributed by atoms with E-state index in [0.717, 1.165) is 19.2 Å². The molecule has 158 valence electrons. The third-order valence-corrected chi connectivity index (χ3v) is 6.12. The van der Waals surface area contributed by atoms with Gasteiger partial charge in [0.2, 0.25) is 15.9 Å². The molecule has 1 amide bonds. The minimum Gasteiger partial charge on any atom is -0.495 e. The summed E-state index contributed by atoms with van der Waals surface area (Å²) in [6.07, 6.45) is -4.83. The Morgan fingerprint density at radius 1 is 1.17 bits per heavy atom. The number of hydrogen-bond donors (Lipinski definition) is 1. The van der Waals surface area contributed by atoms with Crippen LogP contribution >= 0.6 is 23.2 Å². The fourth-order valence-corrected chi connectivity index (χ4v) is 3.87. The van der Waals surface area contributed by atoms with E-state index in [9.17, 15) is 26.4 Å². The van der Waals surface area contributed by atoms with Crippen molar-refractivity contribution < 1.29 is 31.1 Å². The molecule has 0 unspecified atom stereocenters. The Morgan fingerprint density at radius 2 is 1.83 bits per heavy atom. The van der Waals surface area contributed by atoms with Gasteiger partial charge in [-0.2, -0.15) is 17.5 Å². The monoisotopic (exact) mass is 470 g/mol. The Morgan fingerprint density at radius 3 is 2.41 bits per heavy atom. The standard InChI is InChI=1S/C17H15Cl2F3N2O4S/c1-24(9-16(25)23-14-7-10(18)3-6-15(14)28-2)29(26,27)11-4-5-13(19)12(8-11)17(20,21)22/h3-8H,9H2,1-2H3,(H,23,25). The van der Waals surface area contributed by atoms with E-state index in [1.54, 1.807) is 0 Å². The van der Waals surface area contributed by atoms with Gasteiger partial charge < -0.3 is 10.1 Å². The van der Waals surface area contributed by atoms with Gasteiger partial charge in [0.25, 0.3) is 0 Å². The fraction of sp³-hybridized carbons (Fsp3) is 0.235. The summed E-state index contributed by atoms with van der Waals surface area (Å²) in [4.78, 5) is 11.6. The smallest absolute Gasteiger partial charge is 0.417 e. The number of anilines is 1. The Labute approximate surface area is 175 Å². The summed E-state index contributed by atoms with van der Waals surface area (Å²) < 4.78 is 69.8. The normalized spacial score (nSPS) is 12.1. The maximum Gasteiger partial charge on any atom is 0.417 e. The van der Waals surface area contributed by atoms with Crippen molar-refractivity contribution in [2.24, 2.45) is 0 Å². The molecule has 0 aliphatic heterocycles. The molecule has 0 aliphatic rings. The molecule has 1 N–H and O–H groups in total. The van der Waals surface area contributed by atoms with Gasteiger partial charge in [-0.3, -0.25) is 4.79 Å². The molecule has 0 heterocycles. The number of amides is 1. The minimum absolute atomic E-state index is 0.210. The Hall–Kier alpha value is -2.01. The van der Waals surface area contributed by atoms with E-state index < -0.39 is 44.1 Å². The van der Waals surface area contributed by atoms with Crippen LogP contribution in [0, 0.1) is 0 Å². The lowest BCUT2D eigenvalue weighted by atomic mass is 10.2. The van der Waals surface area contributed by atoms with Crippen LogP contribution < -0.4 is 10.1 Å². The van der Waals surface area contributed by atoms with E-state index in [0.29, 0.717) is 21.1 Å². The molecule has 6 nitrogen and oxygen atoms in total. The van der Waals surface area contributed by atoms with Crippen LogP contribution in [0.4, 0.5) is 18.9 Å². The molecule has 0 spiro atoms. The highest BCUT2D eigenvalue weighted by Crippen LogP contribution is 2.36. The Balaban J connectivity index is 2.23. The molecule has 2 aromatic carbocycles. The predicted molar refractivity (Wildman–Crippen MR) is 103 cm³/mol. The van der Waals surface area contributed by atoms with Crippen molar-refractivity contribution in [1.82, 2.24) is 4.31 Å². The molecule has 2 rings (SSSR count). The second-order valence-corrected chi connectivity index (χ2v) is 8.68. The summed E-state index contributed by atoms with van der Waals surface area (Å²) in [5.74, 6) is -0.456. The number of rotatable bonds is 6. The molecule has 0 saturated carbocycles. The van der Waals surface area contributed by atoms with Crippen molar-refractivity contribution in [3.8, 4) is 5.75 Å². The van der Waals surface area contributed by atoms with Crippen molar-refractivity contribution in [3.05, 3.63) is 52.0 Å². The van der Waals surface area contributed by atoms with Crippen molar-refractivity contribution >= 4 is 44.8 Å². The summed E-state index contributed by atoms with van der Waals surface area (Å²) in [6, 6.07) is 6.63. The van der Waals surface area contributed by atoms with E-state index in [-0.39, 0.29) is 5.69 Å². The van der Waals surface area contributed by atoms with E-state index in [1.807, 2.05) is 0 Å². The summed E-state index contributed by atoms with van der Waals surface area (Å²) >= 11 is 11.4. The zero-order valence-electron chi connectivity index (χ0n) is 15.0. The van der Waals surface area contributed by atoms with Crippen molar-refractivity contribution in [3.63, 3.8) is 0 Å². The first kappa shape index (κ1) is 23.3. The third kappa shape index (κ3) is 5.53. The topological polar surface area (TPSA) is 75.7 Å². The van der Waals surface area contributed by atoms with E-state index >= 15 is 0 Å². The lowest BCUT2D eigenvalue weighted by molar-refractivity contribution is -0.137. The molecule has 0 radical (unpaired) electrons. The second kappa shape index (κ2) is 8.78. The molecule has 29 heavy (non-hydrogen) atoms. The van der Waals surface area contributed by atoms with Crippen LogP contribution in [0.2, 0.25) is 10.0 Å². The number of alkyl halides is 3. The maximum atomic E-state index is 13.0. The predicted octanol–water partition coefficient (Wildman–Crippen LogP) is 4.28. The number of hydrogen-bond acceptors (Lipinski definition) is 4. The lowest BCUT2D eigenvalue weighted by Crippen LogP contribution is -2.35. The number of ether oxygens (including phenoxy) is 1. The molecule has 0 aliphatic carbocycles. The van der Waals surface area contributed by atoms with Gasteiger partial charge in [0, 0.05) is 12.1 Å². The molecule has 2 aromatic rings. The number of halogens is 5. The molecular formula is C17H15Cl2F3N2O4S. The van der Waals surface area contributed by atoms with Gasteiger partial charge in [0.1, 0.15) is 5.75 Å². The number of benzene rings is 2. The number of nitrogens with zero attached hydrogens (tertiary/aromatic N) is 1. The first-order valence-corrected chi connectivity index (χ1v) is 10.0. The zero-order chi connectivity index (χ0) is 22.0. The summed E-state index contributed by atoms with van der Waals surface area (Å²) in [7, 11) is -1.96.